The van der Waals surface area contributed by atoms with Gasteiger partial charge in [0.05, 0.1) is 11.2 Å². The first-order chi connectivity index (χ1) is 9.54. The van der Waals surface area contributed by atoms with Crippen LogP contribution in [0.4, 0.5) is 0 Å². The fourth-order valence-corrected chi connectivity index (χ4v) is 1.93. The number of nitrogens with zero attached hydrogens (tertiary/aromatic N) is 1. The molecule has 0 amide bonds. The number of benzene rings is 1. The molecule has 0 aliphatic heterocycles. The zero-order valence-electron chi connectivity index (χ0n) is 10.1. The standard InChI is InChI=1S/C14H9BrClNO3/c15-10-2-3-12(16)13(6-10)20-11-5-9(7-17-8-11)1-4-14(18)19/h1-8H,(H,18,19)/b4-1+. The van der Waals surface area contributed by atoms with Crippen molar-refractivity contribution in [2.75, 3.05) is 0 Å². The number of carboxylic acid groups (broad SMARTS) is 1. The predicted octanol–water partition coefficient (Wildman–Crippen LogP) is 4.39. The highest BCUT2D eigenvalue weighted by molar-refractivity contribution is 9.10. The summed E-state index contributed by atoms with van der Waals surface area (Å²) in [4.78, 5) is 14.5. The van der Waals surface area contributed by atoms with E-state index in [9.17, 15) is 4.79 Å². The van der Waals surface area contributed by atoms with Crippen molar-refractivity contribution in [3.8, 4) is 11.5 Å². The quantitative estimate of drug-likeness (QED) is 0.827. The molecule has 0 spiro atoms. The lowest BCUT2D eigenvalue weighted by Gasteiger charge is -2.08. The number of carboxylic acids is 1. The number of hydrogen-bond donors (Lipinski definition) is 1. The fourth-order valence-electron chi connectivity index (χ4n) is 1.43. The number of ether oxygens (including phenoxy) is 1. The average molecular weight is 355 g/mol. The predicted molar refractivity (Wildman–Crippen MR) is 80.1 cm³/mol. The highest BCUT2D eigenvalue weighted by Gasteiger charge is 2.05. The van der Waals surface area contributed by atoms with Crippen LogP contribution < -0.4 is 4.74 Å². The van der Waals surface area contributed by atoms with E-state index in [1.54, 1.807) is 24.3 Å². The van der Waals surface area contributed by atoms with E-state index in [4.69, 9.17) is 21.4 Å². The summed E-state index contributed by atoms with van der Waals surface area (Å²) in [7, 11) is 0. The minimum absolute atomic E-state index is 0.470. The van der Waals surface area contributed by atoms with Crippen LogP contribution in [0.25, 0.3) is 6.08 Å². The lowest BCUT2D eigenvalue weighted by molar-refractivity contribution is -0.131. The third-order valence-corrected chi connectivity index (χ3v) is 3.08. The number of carbonyl (C=O) groups is 1. The van der Waals surface area contributed by atoms with Crippen LogP contribution in [0.1, 0.15) is 5.56 Å². The second kappa shape index (κ2) is 6.54. The molecule has 1 aromatic heterocycles. The summed E-state index contributed by atoms with van der Waals surface area (Å²) in [6.07, 6.45) is 5.53. The van der Waals surface area contributed by atoms with Crippen LogP contribution in [0.2, 0.25) is 5.02 Å². The van der Waals surface area contributed by atoms with Gasteiger partial charge in [-0.15, -0.1) is 0 Å². The second-order valence-electron chi connectivity index (χ2n) is 3.80. The van der Waals surface area contributed by atoms with Gasteiger partial charge in [-0.25, -0.2) is 4.79 Å². The van der Waals surface area contributed by atoms with Crippen molar-refractivity contribution < 1.29 is 14.6 Å². The molecule has 0 radical (unpaired) electrons. The van der Waals surface area contributed by atoms with E-state index < -0.39 is 5.97 Å². The number of aliphatic carboxylic acids is 1. The van der Waals surface area contributed by atoms with Crippen LogP contribution in [0.15, 0.2) is 47.2 Å². The molecule has 1 heterocycles. The van der Waals surface area contributed by atoms with Crippen molar-refractivity contribution >= 4 is 39.6 Å². The second-order valence-corrected chi connectivity index (χ2v) is 5.13. The highest BCUT2D eigenvalue weighted by Crippen LogP contribution is 2.31. The molecule has 0 saturated carbocycles. The molecule has 0 fully saturated rings. The minimum atomic E-state index is -1.02. The zero-order chi connectivity index (χ0) is 14.5. The SMILES string of the molecule is O=C(O)/C=C/c1cncc(Oc2cc(Br)ccc2Cl)c1. The molecule has 0 aliphatic rings. The van der Waals surface area contributed by atoms with Crippen molar-refractivity contribution in [1.29, 1.82) is 0 Å². The molecule has 0 bridgehead atoms. The molecule has 2 aromatic rings. The van der Waals surface area contributed by atoms with Crippen LogP contribution in [0.5, 0.6) is 11.5 Å². The van der Waals surface area contributed by atoms with Gasteiger partial charge in [-0.2, -0.15) is 0 Å². The Labute approximate surface area is 128 Å². The van der Waals surface area contributed by atoms with Gasteiger partial charge in [-0.1, -0.05) is 27.5 Å². The monoisotopic (exact) mass is 353 g/mol. The van der Waals surface area contributed by atoms with Crippen molar-refractivity contribution in [2.45, 2.75) is 0 Å². The Hall–Kier alpha value is -1.85. The number of aromatic nitrogens is 1. The number of rotatable bonds is 4. The first kappa shape index (κ1) is 14.6. The summed E-state index contributed by atoms with van der Waals surface area (Å²) in [5, 5.41) is 9.06. The topological polar surface area (TPSA) is 59.4 Å². The molecule has 0 atom stereocenters. The molecule has 0 aliphatic carbocycles. The van der Waals surface area contributed by atoms with Gasteiger partial charge in [0.2, 0.25) is 0 Å². The lowest BCUT2D eigenvalue weighted by atomic mass is 10.2. The summed E-state index contributed by atoms with van der Waals surface area (Å²) in [5.41, 5.74) is 0.621. The van der Waals surface area contributed by atoms with Crippen LogP contribution in [0, 0.1) is 0 Å². The van der Waals surface area contributed by atoms with Gasteiger partial charge in [-0.3, -0.25) is 4.98 Å². The van der Waals surface area contributed by atoms with Gasteiger partial charge in [0.15, 0.2) is 0 Å². The van der Waals surface area contributed by atoms with Crippen LogP contribution in [-0.2, 0) is 4.79 Å². The third kappa shape index (κ3) is 4.08. The third-order valence-electron chi connectivity index (χ3n) is 2.27. The summed E-state index contributed by atoms with van der Waals surface area (Å²) >= 11 is 9.36. The molecule has 6 heteroatoms. The van der Waals surface area contributed by atoms with Gasteiger partial charge in [-0.05, 0) is 35.9 Å². The van der Waals surface area contributed by atoms with E-state index in [1.807, 2.05) is 0 Å². The van der Waals surface area contributed by atoms with Crippen LogP contribution >= 0.6 is 27.5 Å². The van der Waals surface area contributed by atoms with E-state index >= 15 is 0 Å². The molecular weight excluding hydrogens is 346 g/mol. The smallest absolute Gasteiger partial charge is 0.328 e. The Kier molecular flexibility index (Phi) is 4.76. The Morgan fingerprint density at radius 3 is 2.90 bits per heavy atom. The number of pyridine rings is 1. The fraction of sp³-hybridized carbons (Fsp3) is 0. The first-order valence-corrected chi connectivity index (χ1v) is 6.70. The van der Waals surface area contributed by atoms with E-state index in [2.05, 4.69) is 20.9 Å². The maximum atomic E-state index is 10.5. The molecule has 1 aromatic carbocycles. The average Bonchev–Trinajstić information content (AvgIpc) is 2.41. The largest absolute Gasteiger partial charge is 0.478 e. The Morgan fingerprint density at radius 1 is 1.35 bits per heavy atom. The molecule has 1 N–H and O–H groups in total. The molecule has 20 heavy (non-hydrogen) atoms. The zero-order valence-corrected chi connectivity index (χ0v) is 12.4. The Bertz CT molecular complexity index is 673. The van der Waals surface area contributed by atoms with Crippen LogP contribution in [0.3, 0.4) is 0 Å². The molecule has 0 saturated heterocycles. The van der Waals surface area contributed by atoms with Gasteiger partial charge in [0.25, 0.3) is 0 Å². The summed E-state index contributed by atoms with van der Waals surface area (Å²) < 4.78 is 6.47. The maximum absolute atomic E-state index is 10.5. The maximum Gasteiger partial charge on any atom is 0.328 e. The normalized spacial score (nSPS) is 10.7. The van der Waals surface area contributed by atoms with Crippen molar-refractivity contribution in [3.05, 3.63) is 57.8 Å². The number of halogens is 2. The molecule has 2 rings (SSSR count). The molecule has 0 unspecified atom stereocenters. The van der Waals surface area contributed by atoms with Crippen molar-refractivity contribution in [2.24, 2.45) is 0 Å². The van der Waals surface area contributed by atoms with Crippen molar-refractivity contribution in [1.82, 2.24) is 4.98 Å². The molecule has 4 nitrogen and oxygen atoms in total. The first-order valence-electron chi connectivity index (χ1n) is 5.53. The van der Waals surface area contributed by atoms with E-state index in [0.717, 1.165) is 10.5 Å². The van der Waals surface area contributed by atoms with Gasteiger partial charge in [0, 0.05) is 16.7 Å². The Balaban J connectivity index is 2.23. The lowest BCUT2D eigenvalue weighted by Crippen LogP contribution is -1.89. The van der Waals surface area contributed by atoms with E-state index in [-0.39, 0.29) is 0 Å². The molecule has 102 valence electrons. The summed E-state index contributed by atoms with van der Waals surface area (Å²) in [6.45, 7) is 0. The van der Waals surface area contributed by atoms with E-state index in [0.29, 0.717) is 22.1 Å². The van der Waals surface area contributed by atoms with Gasteiger partial charge in [0.1, 0.15) is 11.5 Å². The minimum Gasteiger partial charge on any atom is -0.478 e. The van der Waals surface area contributed by atoms with E-state index in [1.165, 1.54) is 18.5 Å². The number of hydrogen-bond acceptors (Lipinski definition) is 3. The molecular formula is C14H9BrClNO3. The van der Waals surface area contributed by atoms with Gasteiger partial charge >= 0.3 is 5.97 Å². The van der Waals surface area contributed by atoms with Crippen molar-refractivity contribution in [3.63, 3.8) is 0 Å². The summed E-state index contributed by atoms with van der Waals surface area (Å²) in [5.74, 6) is -0.0638. The summed E-state index contributed by atoms with van der Waals surface area (Å²) in [6, 6.07) is 6.92. The van der Waals surface area contributed by atoms with Gasteiger partial charge < -0.3 is 9.84 Å². The van der Waals surface area contributed by atoms with Crippen LogP contribution in [-0.4, -0.2) is 16.1 Å². The Morgan fingerprint density at radius 2 is 2.15 bits per heavy atom. The highest BCUT2D eigenvalue weighted by atomic mass is 79.9.